The van der Waals surface area contributed by atoms with Gasteiger partial charge in [-0.2, -0.15) is 10.5 Å². The van der Waals surface area contributed by atoms with Crippen LogP contribution in [0.4, 0.5) is 0 Å². The predicted octanol–water partition coefficient (Wildman–Crippen LogP) is 5.59. The van der Waals surface area contributed by atoms with Crippen molar-refractivity contribution in [2.24, 2.45) is 0 Å². The maximum absolute atomic E-state index is 9.29. The van der Waals surface area contributed by atoms with Crippen LogP contribution in [-0.2, 0) is 0 Å². The Hall–Kier alpha value is -2.18. The first-order valence-corrected chi connectivity index (χ1v) is 8.59. The summed E-state index contributed by atoms with van der Waals surface area (Å²) in [6, 6.07) is 10.4. The van der Waals surface area contributed by atoms with E-state index in [4.69, 9.17) is 0 Å². The molecule has 0 aliphatic carbocycles. The molecule has 5 heteroatoms. The molecule has 0 unspecified atom stereocenters. The van der Waals surface area contributed by atoms with Gasteiger partial charge in [0, 0.05) is 16.0 Å². The molecule has 3 rings (SSSR count). The molecule has 0 amide bonds. The molecule has 0 saturated heterocycles. The Morgan fingerprint density at radius 3 is 2.52 bits per heavy atom. The van der Waals surface area contributed by atoms with Crippen molar-refractivity contribution in [2.75, 3.05) is 0 Å². The summed E-state index contributed by atoms with van der Waals surface area (Å²) < 4.78 is 0. The lowest BCUT2D eigenvalue weighted by Gasteiger charge is -2.01. The Balaban J connectivity index is 2.26. The third-order valence-electron chi connectivity index (χ3n) is 3.02. The first-order valence-electron chi connectivity index (χ1n) is 6.01. The van der Waals surface area contributed by atoms with Gasteiger partial charge in [-0.05, 0) is 22.9 Å². The van der Waals surface area contributed by atoms with Crippen molar-refractivity contribution < 1.29 is 0 Å². The molecular weight excluding hydrogens is 316 g/mol. The van der Waals surface area contributed by atoms with Crippen LogP contribution in [0.5, 0.6) is 0 Å². The maximum atomic E-state index is 9.29. The molecule has 3 aromatic heterocycles. The summed E-state index contributed by atoms with van der Waals surface area (Å²) >= 11 is 4.67. The van der Waals surface area contributed by atoms with Crippen molar-refractivity contribution in [3.8, 4) is 32.3 Å². The van der Waals surface area contributed by atoms with Crippen LogP contribution in [0.1, 0.15) is 16.0 Å². The summed E-state index contributed by atoms with van der Waals surface area (Å²) in [6.45, 7) is 3.80. The van der Waals surface area contributed by atoms with E-state index in [0.29, 0.717) is 10.4 Å². The number of nitrogens with zero attached hydrogens (tertiary/aromatic N) is 2. The minimum Gasteiger partial charge on any atom is -0.192 e. The monoisotopic (exact) mass is 324 g/mol. The highest BCUT2D eigenvalue weighted by atomic mass is 32.1. The fraction of sp³-hybridized carbons (Fsp3) is 0. The summed E-state index contributed by atoms with van der Waals surface area (Å²) in [4.78, 5) is 3.69. The van der Waals surface area contributed by atoms with Gasteiger partial charge in [-0.25, -0.2) is 0 Å². The first-order chi connectivity index (χ1) is 10.3. The van der Waals surface area contributed by atoms with E-state index >= 15 is 0 Å². The highest BCUT2D eigenvalue weighted by molar-refractivity contribution is 7.23. The van der Waals surface area contributed by atoms with E-state index in [9.17, 15) is 10.5 Å². The molecule has 0 bridgehead atoms. The van der Waals surface area contributed by atoms with Gasteiger partial charge in [-0.1, -0.05) is 18.7 Å². The Kier molecular flexibility index (Phi) is 3.72. The molecule has 21 heavy (non-hydrogen) atoms. The smallest absolute Gasteiger partial charge is 0.123 e. The molecule has 0 saturated carbocycles. The number of rotatable bonds is 3. The molecule has 0 radical (unpaired) electrons. The maximum Gasteiger partial charge on any atom is 0.123 e. The highest BCUT2D eigenvalue weighted by Crippen LogP contribution is 2.45. The summed E-state index contributed by atoms with van der Waals surface area (Å²) in [6.07, 6.45) is 1.67. The SMILES string of the molecule is C=Cc1c(-c2sccc2-c2cccs2)sc(C#N)c1C#N. The van der Waals surface area contributed by atoms with Crippen molar-refractivity contribution in [1.82, 2.24) is 0 Å². The van der Waals surface area contributed by atoms with E-state index < -0.39 is 0 Å². The van der Waals surface area contributed by atoms with Crippen molar-refractivity contribution >= 4 is 40.1 Å². The Bertz CT molecular complexity index is 883. The average Bonchev–Trinajstić information content (AvgIpc) is 3.22. The van der Waals surface area contributed by atoms with Gasteiger partial charge in [0.15, 0.2) is 0 Å². The molecule has 0 fully saturated rings. The van der Waals surface area contributed by atoms with Crippen molar-refractivity contribution in [2.45, 2.75) is 0 Å². The lowest BCUT2D eigenvalue weighted by Crippen LogP contribution is -1.80. The molecule has 0 N–H and O–H groups in total. The van der Waals surface area contributed by atoms with E-state index in [0.717, 1.165) is 20.9 Å². The molecule has 0 aromatic carbocycles. The van der Waals surface area contributed by atoms with Crippen LogP contribution < -0.4 is 0 Å². The topological polar surface area (TPSA) is 47.6 Å². The molecule has 100 valence electrons. The second-order valence-corrected chi connectivity index (χ2v) is 7.00. The van der Waals surface area contributed by atoms with Gasteiger partial charge in [-0.15, -0.1) is 34.0 Å². The molecular formula is C16H8N2S3. The van der Waals surface area contributed by atoms with Crippen molar-refractivity contribution in [3.63, 3.8) is 0 Å². The lowest BCUT2D eigenvalue weighted by molar-refractivity contribution is 1.47. The molecule has 3 heterocycles. The number of nitriles is 2. The molecule has 0 spiro atoms. The van der Waals surface area contributed by atoms with Gasteiger partial charge >= 0.3 is 0 Å². The Morgan fingerprint density at radius 1 is 1.05 bits per heavy atom. The minimum atomic E-state index is 0.429. The lowest BCUT2D eigenvalue weighted by atomic mass is 10.1. The third kappa shape index (κ3) is 2.22. The predicted molar refractivity (Wildman–Crippen MR) is 90.5 cm³/mol. The Morgan fingerprint density at radius 2 is 1.90 bits per heavy atom. The normalized spacial score (nSPS) is 10.0. The van der Waals surface area contributed by atoms with Gasteiger partial charge in [0.1, 0.15) is 17.0 Å². The standard InChI is InChI=1S/C16H8N2S3/c1-2-10-12(8-17)14(9-18)21-16(10)15-11(5-7-20-15)13-4-3-6-19-13/h2-7H,1H2. The van der Waals surface area contributed by atoms with Crippen molar-refractivity contribution in [1.29, 1.82) is 10.5 Å². The van der Waals surface area contributed by atoms with Gasteiger partial charge in [0.2, 0.25) is 0 Å². The van der Waals surface area contributed by atoms with Crippen LogP contribution in [-0.4, -0.2) is 0 Å². The zero-order chi connectivity index (χ0) is 14.8. The second-order valence-electron chi connectivity index (χ2n) is 4.12. The molecule has 0 aliphatic heterocycles. The van der Waals surface area contributed by atoms with E-state index in [1.165, 1.54) is 16.2 Å². The molecule has 0 atom stereocenters. The number of hydrogen-bond acceptors (Lipinski definition) is 5. The fourth-order valence-corrected chi connectivity index (χ4v) is 5.07. The fourth-order valence-electron chi connectivity index (χ4n) is 2.11. The average molecular weight is 324 g/mol. The van der Waals surface area contributed by atoms with Crippen LogP contribution in [0.2, 0.25) is 0 Å². The summed E-state index contributed by atoms with van der Waals surface area (Å²) in [5.74, 6) is 0. The van der Waals surface area contributed by atoms with Gasteiger partial charge in [-0.3, -0.25) is 0 Å². The third-order valence-corrected chi connectivity index (χ3v) is 6.11. The zero-order valence-corrected chi connectivity index (χ0v) is 13.2. The molecule has 2 nitrogen and oxygen atoms in total. The van der Waals surface area contributed by atoms with Gasteiger partial charge in [0.05, 0.1) is 15.3 Å². The van der Waals surface area contributed by atoms with Crippen LogP contribution in [0.25, 0.3) is 26.3 Å². The number of thiophene rings is 3. The zero-order valence-electron chi connectivity index (χ0n) is 10.8. The first kappa shape index (κ1) is 13.8. The highest BCUT2D eigenvalue weighted by Gasteiger charge is 2.20. The van der Waals surface area contributed by atoms with Gasteiger partial charge < -0.3 is 0 Å². The van der Waals surface area contributed by atoms with Crippen LogP contribution in [0.3, 0.4) is 0 Å². The summed E-state index contributed by atoms with van der Waals surface area (Å²) in [7, 11) is 0. The van der Waals surface area contributed by atoms with E-state index in [1.807, 2.05) is 16.8 Å². The number of hydrogen-bond donors (Lipinski definition) is 0. The summed E-state index contributed by atoms with van der Waals surface area (Å²) in [5.41, 5.74) is 2.34. The van der Waals surface area contributed by atoms with E-state index in [2.05, 4.69) is 30.9 Å². The minimum absolute atomic E-state index is 0.429. The van der Waals surface area contributed by atoms with E-state index in [-0.39, 0.29) is 0 Å². The molecule has 3 aromatic rings. The Labute approximate surface area is 134 Å². The second kappa shape index (κ2) is 5.67. The molecule has 0 aliphatic rings. The quantitative estimate of drug-likeness (QED) is 0.630. The largest absolute Gasteiger partial charge is 0.192 e. The van der Waals surface area contributed by atoms with Crippen LogP contribution in [0, 0.1) is 22.7 Å². The van der Waals surface area contributed by atoms with Gasteiger partial charge in [0.25, 0.3) is 0 Å². The van der Waals surface area contributed by atoms with Crippen LogP contribution in [0.15, 0.2) is 35.5 Å². The summed E-state index contributed by atoms with van der Waals surface area (Å²) in [5, 5.41) is 22.6. The van der Waals surface area contributed by atoms with Crippen LogP contribution >= 0.6 is 34.0 Å². The van der Waals surface area contributed by atoms with Crippen molar-refractivity contribution in [3.05, 3.63) is 51.5 Å². The van der Waals surface area contributed by atoms with E-state index in [1.54, 1.807) is 28.7 Å².